The minimum atomic E-state index is 0. The van der Waals surface area contributed by atoms with Crippen molar-refractivity contribution < 1.29 is 4.74 Å². The van der Waals surface area contributed by atoms with Crippen molar-refractivity contribution >= 4 is 23.7 Å². The highest BCUT2D eigenvalue weighted by Crippen LogP contribution is 2.29. The number of hydrogen-bond acceptors (Lipinski definition) is 3. The summed E-state index contributed by atoms with van der Waals surface area (Å²) in [6.07, 6.45) is 5.61. The van der Waals surface area contributed by atoms with Crippen LogP contribution in [-0.2, 0) is 11.3 Å². The van der Waals surface area contributed by atoms with Crippen LogP contribution in [0.4, 0.5) is 0 Å². The normalized spacial score (nSPS) is 32.4. The minimum absolute atomic E-state index is 0. The van der Waals surface area contributed by atoms with Crippen molar-refractivity contribution in [3.05, 3.63) is 22.4 Å². The lowest BCUT2D eigenvalue weighted by atomic mass is 10.0. The lowest BCUT2D eigenvalue weighted by molar-refractivity contribution is 0.00932. The molecule has 2 aliphatic heterocycles. The maximum atomic E-state index is 5.97. The quantitative estimate of drug-likeness (QED) is 0.901. The number of halogens is 1. The first-order valence-electron chi connectivity index (χ1n) is 5.79. The molecule has 1 aromatic heterocycles. The molecule has 0 radical (unpaired) electrons. The Labute approximate surface area is 107 Å². The van der Waals surface area contributed by atoms with Gasteiger partial charge in [0.15, 0.2) is 0 Å². The fraction of sp³-hybridized carbons (Fsp3) is 0.667. The fourth-order valence-electron chi connectivity index (χ4n) is 2.73. The second-order valence-corrected chi connectivity index (χ2v) is 5.45. The van der Waals surface area contributed by atoms with Gasteiger partial charge in [0.05, 0.1) is 12.7 Å². The molecule has 2 fully saturated rings. The van der Waals surface area contributed by atoms with Crippen molar-refractivity contribution in [1.29, 1.82) is 0 Å². The average molecular weight is 260 g/mol. The van der Waals surface area contributed by atoms with Crippen LogP contribution in [-0.4, -0.2) is 18.2 Å². The molecule has 2 bridgehead atoms. The van der Waals surface area contributed by atoms with E-state index in [9.17, 15) is 0 Å². The Bertz CT molecular complexity index is 305. The molecule has 2 saturated heterocycles. The fourth-order valence-corrected chi connectivity index (χ4v) is 3.38. The first-order chi connectivity index (χ1) is 7.40. The summed E-state index contributed by atoms with van der Waals surface area (Å²) < 4.78 is 5.97. The number of ether oxygens (including phenoxy) is 1. The molecule has 4 heteroatoms. The smallest absolute Gasteiger partial charge is 0.0728 e. The molecule has 0 aliphatic carbocycles. The molecule has 2 aliphatic rings. The van der Waals surface area contributed by atoms with Crippen LogP contribution in [0, 0.1) is 0 Å². The molecule has 3 heterocycles. The van der Waals surface area contributed by atoms with Gasteiger partial charge in [-0.1, -0.05) is 0 Å². The van der Waals surface area contributed by atoms with E-state index in [0.717, 1.165) is 18.7 Å². The van der Waals surface area contributed by atoms with Gasteiger partial charge in [0.2, 0.25) is 0 Å². The van der Waals surface area contributed by atoms with Crippen molar-refractivity contribution in [3.8, 4) is 0 Å². The predicted octanol–water partition coefficient (Wildman–Crippen LogP) is 2.97. The van der Waals surface area contributed by atoms with E-state index >= 15 is 0 Å². The molecule has 1 N–H and O–H groups in total. The van der Waals surface area contributed by atoms with Crippen molar-refractivity contribution in [3.63, 3.8) is 0 Å². The highest BCUT2D eigenvalue weighted by molar-refractivity contribution is 7.07. The maximum absolute atomic E-state index is 5.97. The molecule has 0 spiro atoms. The van der Waals surface area contributed by atoms with Gasteiger partial charge < -0.3 is 10.1 Å². The zero-order chi connectivity index (χ0) is 10.1. The topological polar surface area (TPSA) is 21.3 Å². The van der Waals surface area contributed by atoms with Crippen LogP contribution >= 0.6 is 23.7 Å². The van der Waals surface area contributed by atoms with Gasteiger partial charge in [-0.25, -0.2) is 0 Å². The molecule has 2 unspecified atom stereocenters. The van der Waals surface area contributed by atoms with E-state index in [4.69, 9.17) is 4.74 Å². The van der Waals surface area contributed by atoms with Gasteiger partial charge >= 0.3 is 0 Å². The first kappa shape index (κ1) is 12.4. The standard InChI is InChI=1S/C12H17NOS.ClH/c1-2-11-6-12(5-10(1)13-11)14-7-9-3-4-15-8-9;/h3-4,8,10-13H,1-2,5-7H2;1H. The Morgan fingerprint density at radius 2 is 2.06 bits per heavy atom. The van der Waals surface area contributed by atoms with Crippen molar-refractivity contribution in [2.24, 2.45) is 0 Å². The lowest BCUT2D eigenvalue weighted by Crippen LogP contribution is -2.41. The van der Waals surface area contributed by atoms with Crippen molar-refractivity contribution in [2.75, 3.05) is 0 Å². The monoisotopic (exact) mass is 259 g/mol. The van der Waals surface area contributed by atoms with Crippen LogP contribution < -0.4 is 5.32 Å². The summed E-state index contributed by atoms with van der Waals surface area (Å²) in [5, 5.41) is 7.93. The molecule has 2 nitrogen and oxygen atoms in total. The average Bonchev–Trinajstić information content (AvgIpc) is 2.86. The molecule has 2 atom stereocenters. The summed E-state index contributed by atoms with van der Waals surface area (Å²) in [6.45, 7) is 0.799. The largest absolute Gasteiger partial charge is 0.373 e. The van der Waals surface area contributed by atoms with Gasteiger partial charge in [-0.05, 0) is 48.1 Å². The third kappa shape index (κ3) is 2.77. The minimum Gasteiger partial charge on any atom is -0.373 e. The summed E-state index contributed by atoms with van der Waals surface area (Å²) in [5.74, 6) is 0. The molecule has 1 aromatic rings. The van der Waals surface area contributed by atoms with E-state index in [1.54, 1.807) is 11.3 Å². The first-order valence-corrected chi connectivity index (χ1v) is 6.73. The van der Waals surface area contributed by atoms with Crippen molar-refractivity contribution in [2.45, 2.75) is 50.5 Å². The van der Waals surface area contributed by atoms with Crippen LogP contribution in [0.2, 0.25) is 0 Å². The van der Waals surface area contributed by atoms with E-state index in [1.165, 1.54) is 31.2 Å². The van der Waals surface area contributed by atoms with E-state index in [1.807, 2.05) is 0 Å². The van der Waals surface area contributed by atoms with Crippen LogP contribution in [0.25, 0.3) is 0 Å². The summed E-state index contributed by atoms with van der Waals surface area (Å²) in [7, 11) is 0. The van der Waals surface area contributed by atoms with Gasteiger partial charge in [0.25, 0.3) is 0 Å². The van der Waals surface area contributed by atoms with Gasteiger partial charge in [-0.15, -0.1) is 12.4 Å². The molecule has 3 rings (SSSR count). The van der Waals surface area contributed by atoms with Gasteiger partial charge in [-0.3, -0.25) is 0 Å². The van der Waals surface area contributed by atoms with Crippen LogP contribution in [0.5, 0.6) is 0 Å². The van der Waals surface area contributed by atoms with E-state index < -0.39 is 0 Å². The van der Waals surface area contributed by atoms with Gasteiger partial charge in [0, 0.05) is 12.1 Å². The predicted molar refractivity (Wildman–Crippen MR) is 69.3 cm³/mol. The highest BCUT2D eigenvalue weighted by Gasteiger charge is 2.33. The Morgan fingerprint density at radius 1 is 1.31 bits per heavy atom. The third-order valence-electron chi connectivity index (χ3n) is 3.50. The number of thiophene rings is 1. The van der Waals surface area contributed by atoms with Crippen LogP contribution in [0.15, 0.2) is 16.8 Å². The molecular weight excluding hydrogens is 242 g/mol. The van der Waals surface area contributed by atoms with Crippen molar-refractivity contribution in [1.82, 2.24) is 5.32 Å². The van der Waals surface area contributed by atoms with Gasteiger partial charge in [-0.2, -0.15) is 11.3 Å². The van der Waals surface area contributed by atoms with E-state index in [2.05, 4.69) is 22.1 Å². The summed E-state index contributed by atoms with van der Waals surface area (Å²) >= 11 is 1.75. The summed E-state index contributed by atoms with van der Waals surface area (Å²) in [4.78, 5) is 0. The lowest BCUT2D eigenvalue weighted by Gasteiger charge is -2.28. The second kappa shape index (κ2) is 5.50. The summed E-state index contributed by atoms with van der Waals surface area (Å²) in [5.41, 5.74) is 1.32. The Balaban J connectivity index is 0.000000963. The number of nitrogens with one attached hydrogen (secondary N) is 1. The zero-order valence-electron chi connectivity index (χ0n) is 9.22. The summed E-state index contributed by atoms with van der Waals surface area (Å²) in [6, 6.07) is 3.62. The van der Waals surface area contributed by atoms with E-state index in [-0.39, 0.29) is 12.4 Å². The number of hydrogen-bond donors (Lipinski definition) is 1. The maximum Gasteiger partial charge on any atom is 0.0728 e. The molecule has 0 amide bonds. The molecule has 90 valence electrons. The third-order valence-corrected chi connectivity index (χ3v) is 4.23. The molecular formula is C12H18ClNOS. The molecule has 0 saturated carbocycles. The number of fused-ring (bicyclic) bond motifs is 2. The zero-order valence-corrected chi connectivity index (χ0v) is 10.9. The second-order valence-electron chi connectivity index (χ2n) is 4.67. The SMILES string of the molecule is Cl.c1cc(COC2CC3CCC(C2)N3)cs1. The van der Waals surface area contributed by atoms with Gasteiger partial charge in [0.1, 0.15) is 0 Å². The van der Waals surface area contributed by atoms with E-state index in [0.29, 0.717) is 6.10 Å². The van der Waals surface area contributed by atoms with Crippen LogP contribution in [0.1, 0.15) is 31.2 Å². The Kier molecular flexibility index (Phi) is 4.25. The molecule has 16 heavy (non-hydrogen) atoms. The number of rotatable bonds is 3. The van der Waals surface area contributed by atoms with Crippen LogP contribution in [0.3, 0.4) is 0 Å². The number of piperidine rings is 1. The Morgan fingerprint density at radius 3 is 2.69 bits per heavy atom. The highest BCUT2D eigenvalue weighted by atomic mass is 35.5. The molecule has 0 aromatic carbocycles. The Hall–Kier alpha value is -0.0900.